The molecule has 3 rings (SSSR count). The van der Waals surface area contributed by atoms with Gasteiger partial charge in [-0.25, -0.2) is 0 Å². The third-order valence-corrected chi connectivity index (χ3v) is 4.18. The summed E-state index contributed by atoms with van der Waals surface area (Å²) in [4.78, 5) is 0.813. The van der Waals surface area contributed by atoms with Gasteiger partial charge in [0.25, 0.3) is 0 Å². The number of hydrogen-bond acceptors (Lipinski definition) is 4. The van der Waals surface area contributed by atoms with Gasteiger partial charge in [-0.3, -0.25) is 0 Å². The van der Waals surface area contributed by atoms with E-state index in [9.17, 15) is 0 Å². The molecule has 106 valence electrons. The number of fused-ring (bicyclic) bond motifs is 1. The maximum absolute atomic E-state index is 5.09. The summed E-state index contributed by atoms with van der Waals surface area (Å²) in [5.74, 6) is 0.793. The van der Waals surface area contributed by atoms with Crippen molar-refractivity contribution in [3.8, 4) is 5.75 Å². The molecule has 0 bridgehead atoms. The van der Waals surface area contributed by atoms with Crippen molar-refractivity contribution in [3.63, 3.8) is 0 Å². The zero-order valence-corrected chi connectivity index (χ0v) is 12.5. The van der Waals surface area contributed by atoms with Gasteiger partial charge in [-0.1, -0.05) is 23.5 Å². The molecule has 21 heavy (non-hydrogen) atoms. The molecule has 0 aliphatic rings. The summed E-state index contributed by atoms with van der Waals surface area (Å²) in [5, 5.41) is 12.2. The zero-order chi connectivity index (χ0) is 14.7. The molecule has 0 N–H and O–H groups in total. The van der Waals surface area contributed by atoms with Crippen LogP contribution in [0.15, 0.2) is 64.0 Å². The molecular formula is C15H14N4OS. The standard InChI is InChI=1S/C15H14N4OS/c1-19-13-5-3-4-6-14(13)21-15(19)17-18-16-11-7-9-12(20-2)10-8-11/h3-10H,1-2H3/b17-15-,18-16?. The number of ether oxygens (including phenoxy) is 1. The van der Waals surface area contributed by atoms with Gasteiger partial charge in [0.1, 0.15) is 5.75 Å². The molecule has 5 nitrogen and oxygen atoms in total. The molecule has 0 aliphatic heterocycles. The number of hydrogen-bond donors (Lipinski definition) is 0. The number of rotatable bonds is 3. The molecule has 6 heteroatoms. The lowest BCUT2D eigenvalue weighted by Gasteiger charge is -1.97. The molecule has 0 atom stereocenters. The average molecular weight is 298 g/mol. The molecule has 0 saturated heterocycles. The van der Waals surface area contributed by atoms with E-state index < -0.39 is 0 Å². The summed E-state index contributed by atoms with van der Waals surface area (Å²) in [5.41, 5.74) is 1.88. The molecule has 0 amide bonds. The Balaban J connectivity index is 1.89. The van der Waals surface area contributed by atoms with Crippen LogP contribution in [0.3, 0.4) is 0 Å². The lowest BCUT2D eigenvalue weighted by atomic mass is 10.3. The molecule has 0 radical (unpaired) electrons. The van der Waals surface area contributed by atoms with E-state index in [4.69, 9.17) is 4.74 Å². The molecule has 0 unspecified atom stereocenters. The minimum Gasteiger partial charge on any atom is -0.497 e. The van der Waals surface area contributed by atoms with Crippen molar-refractivity contribution in [1.82, 2.24) is 4.57 Å². The van der Waals surface area contributed by atoms with E-state index in [-0.39, 0.29) is 0 Å². The topological polar surface area (TPSA) is 51.2 Å². The predicted molar refractivity (Wildman–Crippen MR) is 83.9 cm³/mol. The summed E-state index contributed by atoms with van der Waals surface area (Å²) < 4.78 is 8.28. The van der Waals surface area contributed by atoms with Gasteiger partial charge in [0.05, 0.1) is 23.0 Å². The van der Waals surface area contributed by atoms with Crippen LogP contribution in [0.5, 0.6) is 5.75 Å². The SMILES string of the molecule is COc1ccc(N=N/N=c2\sc3ccccc3n2C)cc1. The van der Waals surface area contributed by atoms with E-state index in [2.05, 4.69) is 27.6 Å². The lowest BCUT2D eigenvalue weighted by molar-refractivity contribution is 0.415. The van der Waals surface area contributed by atoms with Gasteiger partial charge >= 0.3 is 0 Å². The second-order valence-corrected chi connectivity index (χ2v) is 5.41. The van der Waals surface area contributed by atoms with Crippen LogP contribution in [0, 0.1) is 0 Å². The van der Waals surface area contributed by atoms with Crippen molar-refractivity contribution in [1.29, 1.82) is 0 Å². The number of aryl methyl sites for hydroxylation is 1. The van der Waals surface area contributed by atoms with Gasteiger partial charge in [0.2, 0.25) is 4.80 Å². The van der Waals surface area contributed by atoms with Gasteiger partial charge in [-0.05, 0) is 41.6 Å². The van der Waals surface area contributed by atoms with E-state index in [0.29, 0.717) is 0 Å². The summed E-state index contributed by atoms with van der Waals surface area (Å²) >= 11 is 1.59. The molecule has 1 heterocycles. The summed E-state index contributed by atoms with van der Waals surface area (Å²) in [6.45, 7) is 0. The zero-order valence-electron chi connectivity index (χ0n) is 11.7. The Morgan fingerprint density at radius 2 is 1.81 bits per heavy atom. The molecule has 0 fully saturated rings. The van der Waals surface area contributed by atoms with Crippen LogP contribution in [0.1, 0.15) is 0 Å². The molecule has 3 aromatic rings. The van der Waals surface area contributed by atoms with Crippen molar-refractivity contribution in [2.45, 2.75) is 0 Å². The first-order chi connectivity index (χ1) is 10.3. The second-order valence-electron chi connectivity index (χ2n) is 4.40. The fraction of sp³-hybridized carbons (Fsp3) is 0.133. The minimum absolute atomic E-state index is 0.739. The van der Waals surface area contributed by atoms with Crippen LogP contribution in [-0.4, -0.2) is 11.7 Å². The smallest absolute Gasteiger partial charge is 0.213 e. The molecule has 0 saturated carbocycles. The number of para-hydroxylation sites is 1. The maximum atomic E-state index is 5.09. The summed E-state index contributed by atoms with van der Waals surface area (Å²) in [7, 11) is 3.61. The van der Waals surface area contributed by atoms with Gasteiger partial charge in [-0.15, -0.1) is 10.2 Å². The Morgan fingerprint density at radius 3 is 2.52 bits per heavy atom. The fourth-order valence-corrected chi connectivity index (χ4v) is 2.90. The first kappa shape index (κ1) is 13.5. The highest BCUT2D eigenvalue weighted by Crippen LogP contribution is 2.18. The molecular weight excluding hydrogens is 284 g/mol. The Morgan fingerprint density at radius 1 is 1.05 bits per heavy atom. The Kier molecular flexibility index (Phi) is 3.79. The van der Waals surface area contributed by atoms with Gasteiger partial charge in [-0.2, -0.15) is 0 Å². The second kappa shape index (κ2) is 5.88. The third kappa shape index (κ3) is 2.85. The van der Waals surface area contributed by atoms with Crippen LogP contribution in [0.4, 0.5) is 5.69 Å². The average Bonchev–Trinajstić information content (AvgIpc) is 2.85. The Bertz CT molecular complexity index is 846. The Labute approximate surface area is 125 Å². The molecule has 2 aromatic carbocycles. The number of methoxy groups -OCH3 is 1. The maximum Gasteiger partial charge on any atom is 0.213 e. The van der Waals surface area contributed by atoms with Crippen molar-refractivity contribution in [2.24, 2.45) is 22.5 Å². The van der Waals surface area contributed by atoms with E-state index >= 15 is 0 Å². The first-order valence-corrected chi connectivity index (χ1v) is 7.23. The van der Waals surface area contributed by atoms with E-state index in [1.165, 1.54) is 4.70 Å². The molecule has 0 aliphatic carbocycles. The Hall–Kier alpha value is -2.47. The van der Waals surface area contributed by atoms with Crippen LogP contribution in [-0.2, 0) is 7.05 Å². The highest BCUT2D eigenvalue weighted by Gasteiger charge is 2.00. The van der Waals surface area contributed by atoms with Crippen LogP contribution < -0.4 is 9.54 Å². The van der Waals surface area contributed by atoms with Crippen molar-refractivity contribution < 1.29 is 4.74 Å². The molecule has 1 aromatic heterocycles. The first-order valence-electron chi connectivity index (χ1n) is 6.41. The third-order valence-electron chi connectivity index (χ3n) is 3.08. The van der Waals surface area contributed by atoms with Gasteiger partial charge in [0.15, 0.2) is 0 Å². The fourth-order valence-electron chi connectivity index (χ4n) is 1.94. The number of benzene rings is 2. The van der Waals surface area contributed by atoms with Crippen LogP contribution in [0.25, 0.3) is 10.2 Å². The minimum atomic E-state index is 0.739. The highest BCUT2D eigenvalue weighted by molar-refractivity contribution is 7.16. The van der Waals surface area contributed by atoms with Crippen molar-refractivity contribution in [3.05, 3.63) is 53.3 Å². The normalized spacial score (nSPS) is 12.4. The van der Waals surface area contributed by atoms with Crippen molar-refractivity contribution in [2.75, 3.05) is 7.11 Å². The highest BCUT2D eigenvalue weighted by atomic mass is 32.1. The summed E-state index contributed by atoms with van der Waals surface area (Å²) in [6, 6.07) is 15.5. The van der Waals surface area contributed by atoms with E-state index in [0.717, 1.165) is 21.8 Å². The quantitative estimate of drug-likeness (QED) is 0.535. The monoisotopic (exact) mass is 298 g/mol. The van der Waals surface area contributed by atoms with Crippen molar-refractivity contribution >= 4 is 27.2 Å². The van der Waals surface area contributed by atoms with E-state index in [1.54, 1.807) is 18.4 Å². The predicted octanol–water partition coefficient (Wildman–Crippen LogP) is 3.85. The van der Waals surface area contributed by atoms with Crippen LogP contribution in [0.2, 0.25) is 0 Å². The lowest BCUT2D eigenvalue weighted by Crippen LogP contribution is -2.08. The summed E-state index contributed by atoms with van der Waals surface area (Å²) in [6.07, 6.45) is 0. The van der Waals surface area contributed by atoms with Gasteiger partial charge < -0.3 is 9.30 Å². The molecule has 0 spiro atoms. The van der Waals surface area contributed by atoms with Crippen LogP contribution >= 0.6 is 11.3 Å². The van der Waals surface area contributed by atoms with E-state index in [1.807, 2.05) is 48.0 Å². The van der Waals surface area contributed by atoms with Gasteiger partial charge in [0, 0.05) is 7.05 Å². The largest absolute Gasteiger partial charge is 0.497 e. The number of nitrogens with zero attached hydrogens (tertiary/aromatic N) is 4. The number of aromatic nitrogens is 1. The number of thiazole rings is 1.